The quantitative estimate of drug-likeness (QED) is 0.679. The Morgan fingerprint density at radius 1 is 1.26 bits per heavy atom. The molecule has 1 aromatic heterocycles. The minimum atomic E-state index is -0.919. The smallest absolute Gasteiger partial charge is 0.345 e. The molecule has 2 N–H and O–H groups in total. The monoisotopic (exact) mass is 500 g/mol. The summed E-state index contributed by atoms with van der Waals surface area (Å²) >= 11 is 1.26. The van der Waals surface area contributed by atoms with Crippen LogP contribution in [-0.2, 0) is 6.42 Å². The summed E-state index contributed by atoms with van der Waals surface area (Å²) in [6.45, 7) is 2.03. The van der Waals surface area contributed by atoms with Gasteiger partial charge in [0, 0.05) is 42.6 Å². The van der Waals surface area contributed by atoms with Crippen molar-refractivity contribution < 1.29 is 46.1 Å². The van der Waals surface area contributed by atoms with Gasteiger partial charge in [-0.05, 0) is 30.5 Å². The molecule has 0 aliphatic heterocycles. The Morgan fingerprint density at radius 2 is 1.89 bits per heavy atom. The second-order valence-corrected chi connectivity index (χ2v) is 5.16. The first-order chi connectivity index (χ1) is 8.61. The molecule has 0 amide bonds. The van der Waals surface area contributed by atoms with Crippen molar-refractivity contribution in [3.63, 3.8) is 0 Å². The van der Waals surface area contributed by atoms with E-state index >= 15 is 0 Å². The second-order valence-electron chi connectivity index (χ2n) is 4.11. The van der Waals surface area contributed by atoms with Gasteiger partial charge >= 0.3 is 5.97 Å². The summed E-state index contributed by atoms with van der Waals surface area (Å²) in [7, 11) is 0. The fourth-order valence-corrected chi connectivity index (χ4v) is 2.84. The molecule has 0 aliphatic carbocycles. The molecule has 3 nitrogen and oxygen atoms in total. The molecule has 0 saturated carbocycles. The molecule has 0 atom stereocenters. The Labute approximate surface area is 139 Å². The topological polar surface area (TPSA) is 57.5 Å². The van der Waals surface area contributed by atoms with Crippen LogP contribution < -0.4 is 0 Å². The Morgan fingerprint density at radius 3 is 2.42 bits per heavy atom. The predicted molar refractivity (Wildman–Crippen MR) is 72.2 cm³/mol. The molecule has 0 fully saturated rings. The minimum Gasteiger partial charge on any atom is -0.477 e. The molecule has 0 aliphatic rings. The van der Waals surface area contributed by atoms with Crippen molar-refractivity contribution in [1.82, 2.24) is 0 Å². The van der Waals surface area contributed by atoms with E-state index in [0.29, 0.717) is 11.3 Å². The first-order valence-electron chi connectivity index (χ1n) is 5.65. The van der Waals surface area contributed by atoms with E-state index in [1.54, 1.807) is 6.07 Å². The van der Waals surface area contributed by atoms with Crippen molar-refractivity contribution in [2.45, 2.75) is 13.3 Å². The number of benzene rings is 1. The van der Waals surface area contributed by atoms with Crippen LogP contribution in [-0.4, -0.2) is 22.8 Å². The average Bonchev–Trinajstić information content (AvgIpc) is 2.75. The van der Waals surface area contributed by atoms with Gasteiger partial charge in [0.1, 0.15) is 4.88 Å². The van der Waals surface area contributed by atoms with Gasteiger partial charge in [-0.3, -0.25) is 0 Å². The number of carboxylic acid groups (broad SMARTS) is 1. The minimum absolute atomic E-state index is 0. The average molecular weight is 500 g/mol. The number of carboxylic acids is 1. The van der Waals surface area contributed by atoms with E-state index in [1.165, 1.54) is 11.3 Å². The predicted octanol–water partition coefficient (Wildman–Crippen LogP) is 2.96. The van der Waals surface area contributed by atoms with Crippen molar-refractivity contribution in [2.24, 2.45) is 0 Å². The van der Waals surface area contributed by atoms with Crippen LogP contribution in [0.2, 0.25) is 0 Å². The van der Waals surface area contributed by atoms with E-state index < -0.39 is 5.97 Å². The van der Waals surface area contributed by atoms with Gasteiger partial charge < -0.3 is 10.2 Å². The first-order valence-corrected chi connectivity index (χ1v) is 6.47. The molecular weight excluding hydrogens is 486 g/mol. The zero-order chi connectivity index (χ0) is 13.1. The van der Waals surface area contributed by atoms with Gasteiger partial charge in [0.15, 0.2) is 0 Å². The van der Waals surface area contributed by atoms with E-state index in [2.05, 4.69) is 0 Å². The third kappa shape index (κ3) is 3.93. The molecule has 0 spiro atoms. The zero-order valence-corrected chi connectivity index (χ0v) is 15.5. The van der Waals surface area contributed by atoms with Crippen LogP contribution in [0.4, 0.5) is 0 Å². The van der Waals surface area contributed by atoms with Crippen LogP contribution in [0.15, 0.2) is 30.3 Å². The summed E-state index contributed by atoms with van der Waals surface area (Å²) in [5, 5.41) is 18.1. The molecule has 0 saturated heterocycles. The molecule has 5 heteroatoms. The fraction of sp³-hybridized carbons (Fsp3) is 0.214. The van der Waals surface area contributed by atoms with E-state index in [0.717, 1.165) is 21.6 Å². The van der Waals surface area contributed by atoms with Gasteiger partial charge in [-0.1, -0.05) is 29.8 Å². The molecule has 0 radical (unpaired) electrons. The van der Waals surface area contributed by atoms with Crippen molar-refractivity contribution in [2.75, 3.05) is 6.61 Å². The van der Waals surface area contributed by atoms with Crippen LogP contribution in [0.1, 0.15) is 20.8 Å². The molecule has 1 aromatic carbocycles. The van der Waals surface area contributed by atoms with Gasteiger partial charge in [0.2, 0.25) is 0 Å². The van der Waals surface area contributed by atoms with E-state index in [9.17, 15) is 4.79 Å². The van der Waals surface area contributed by atoms with Crippen molar-refractivity contribution in [3.05, 3.63) is 46.3 Å². The van der Waals surface area contributed by atoms with Crippen molar-refractivity contribution in [1.29, 1.82) is 0 Å². The van der Waals surface area contributed by atoms with E-state index in [4.69, 9.17) is 10.2 Å². The van der Waals surface area contributed by atoms with Crippen LogP contribution in [0, 0.1) is 38.0 Å². The molecular formula is C14H14O3SU. The Bertz CT molecular complexity index is 561. The molecule has 98 valence electrons. The van der Waals surface area contributed by atoms with Crippen LogP contribution >= 0.6 is 11.3 Å². The van der Waals surface area contributed by atoms with Crippen LogP contribution in [0.25, 0.3) is 10.4 Å². The number of aliphatic hydroxyl groups is 1. The van der Waals surface area contributed by atoms with Gasteiger partial charge in [-0.15, -0.1) is 11.3 Å². The second kappa shape index (κ2) is 7.26. The standard InChI is InChI=1S/C14H14O3S.U/c1-9-2-4-10(5-3-9)13-11(6-7-15)8-12(18-13)14(16)17;/h2-5,8,15H,6-7H2,1H3,(H,16,17);. The van der Waals surface area contributed by atoms with Crippen molar-refractivity contribution >= 4 is 17.3 Å². The van der Waals surface area contributed by atoms with Crippen molar-refractivity contribution in [3.8, 4) is 10.4 Å². The molecule has 2 aromatic rings. The fourth-order valence-electron chi connectivity index (χ4n) is 1.79. The SMILES string of the molecule is Cc1ccc(-c2sc(C(=O)O)cc2CCO)cc1.[U]. The maximum Gasteiger partial charge on any atom is 0.345 e. The van der Waals surface area contributed by atoms with Gasteiger partial charge in [0.05, 0.1) is 0 Å². The molecule has 0 unspecified atom stereocenters. The number of aliphatic hydroxyl groups excluding tert-OH is 1. The van der Waals surface area contributed by atoms with Crippen LogP contribution in [0.5, 0.6) is 0 Å². The summed E-state index contributed by atoms with van der Waals surface area (Å²) < 4.78 is 0. The molecule has 19 heavy (non-hydrogen) atoms. The number of carbonyl (C=O) groups is 1. The third-order valence-electron chi connectivity index (χ3n) is 2.71. The first kappa shape index (κ1) is 16.5. The Balaban J connectivity index is 0.00000180. The maximum atomic E-state index is 11.0. The number of hydrogen-bond acceptors (Lipinski definition) is 3. The number of rotatable bonds is 4. The van der Waals surface area contributed by atoms with Gasteiger partial charge in [0.25, 0.3) is 0 Å². The molecule has 2 rings (SSSR count). The number of thiophene rings is 1. The summed E-state index contributed by atoms with van der Waals surface area (Å²) in [6, 6.07) is 9.61. The van der Waals surface area contributed by atoms with Gasteiger partial charge in [-0.25, -0.2) is 4.79 Å². The summed E-state index contributed by atoms with van der Waals surface area (Å²) in [6.07, 6.45) is 0.479. The number of hydrogen-bond donors (Lipinski definition) is 2. The van der Waals surface area contributed by atoms with Gasteiger partial charge in [-0.2, -0.15) is 0 Å². The Kier molecular flexibility index (Phi) is 6.28. The zero-order valence-electron chi connectivity index (χ0n) is 10.5. The largest absolute Gasteiger partial charge is 0.477 e. The summed E-state index contributed by atoms with van der Waals surface area (Å²) in [4.78, 5) is 12.2. The van der Waals surface area contributed by atoms with Crippen LogP contribution in [0.3, 0.4) is 0 Å². The van der Waals surface area contributed by atoms with E-state index in [1.807, 2.05) is 31.2 Å². The normalized spacial score (nSPS) is 10.0. The summed E-state index contributed by atoms with van der Waals surface area (Å²) in [5.74, 6) is -0.919. The third-order valence-corrected chi connectivity index (χ3v) is 3.93. The molecule has 1 heterocycles. The number of aryl methyl sites for hydroxylation is 1. The number of aromatic carboxylic acids is 1. The maximum absolute atomic E-state index is 11.0. The summed E-state index contributed by atoms with van der Waals surface area (Å²) in [5.41, 5.74) is 3.06. The Hall–Kier alpha value is -0.598. The van der Waals surface area contributed by atoms with E-state index in [-0.39, 0.29) is 37.7 Å². The molecule has 0 bridgehead atoms.